The van der Waals surface area contributed by atoms with Crippen molar-refractivity contribution in [3.05, 3.63) is 53.2 Å². The van der Waals surface area contributed by atoms with Gasteiger partial charge in [-0.1, -0.05) is 11.6 Å². The fraction of sp³-hybridized carbons (Fsp3) is 0.133. The molecule has 0 aliphatic heterocycles. The van der Waals surface area contributed by atoms with Crippen molar-refractivity contribution in [2.45, 2.75) is 11.4 Å². The Bertz CT molecular complexity index is 1090. The number of rotatable bonds is 6. The van der Waals surface area contributed by atoms with Crippen molar-refractivity contribution in [1.29, 1.82) is 0 Å². The molecule has 0 saturated carbocycles. The maximum atomic E-state index is 14.0. The number of hydrogen-bond acceptors (Lipinski definition) is 7. The summed E-state index contributed by atoms with van der Waals surface area (Å²) in [6.45, 7) is -0.0573. The summed E-state index contributed by atoms with van der Waals surface area (Å²) >= 11 is 6.07. The Kier molecular flexibility index (Phi) is 5.26. The third kappa shape index (κ3) is 4.70. The molecule has 0 aliphatic carbocycles. The first-order valence-electron chi connectivity index (χ1n) is 7.55. The lowest BCUT2D eigenvalue weighted by molar-refractivity contribution is 0.594. The smallest absolute Gasteiger partial charge is 0.238 e. The van der Waals surface area contributed by atoms with Crippen LogP contribution in [-0.4, -0.2) is 28.2 Å². The number of halogens is 2. The maximum Gasteiger partial charge on any atom is 0.238 e. The van der Waals surface area contributed by atoms with E-state index in [1.54, 1.807) is 24.1 Å². The van der Waals surface area contributed by atoms with E-state index in [-0.39, 0.29) is 33.8 Å². The highest BCUT2D eigenvalue weighted by Gasteiger charge is 2.13. The molecule has 2 aromatic heterocycles. The van der Waals surface area contributed by atoms with E-state index in [9.17, 15) is 12.8 Å². The third-order valence-corrected chi connectivity index (χ3v) is 4.68. The zero-order chi connectivity index (χ0) is 19.6. The molecule has 0 unspecified atom stereocenters. The molecule has 2 heterocycles. The van der Waals surface area contributed by atoms with Crippen LogP contribution < -0.4 is 15.8 Å². The Morgan fingerprint density at radius 2 is 2.11 bits per heavy atom. The molecule has 0 amide bonds. The Hall–Kier alpha value is -2.76. The highest BCUT2D eigenvalue weighted by atomic mass is 35.5. The summed E-state index contributed by atoms with van der Waals surface area (Å²) in [5.74, 6) is -0.0825. The van der Waals surface area contributed by atoms with E-state index >= 15 is 0 Å². The van der Waals surface area contributed by atoms with Gasteiger partial charge in [0.15, 0.2) is 5.82 Å². The summed E-state index contributed by atoms with van der Waals surface area (Å²) < 4.78 is 38.4. The highest BCUT2D eigenvalue weighted by Crippen LogP contribution is 2.23. The number of sulfonamides is 1. The molecular weight excluding hydrogens is 397 g/mol. The lowest BCUT2D eigenvalue weighted by atomic mass is 10.2. The van der Waals surface area contributed by atoms with Crippen molar-refractivity contribution < 1.29 is 12.8 Å². The van der Waals surface area contributed by atoms with Crippen LogP contribution in [0, 0.1) is 5.82 Å². The predicted octanol–water partition coefficient (Wildman–Crippen LogP) is 2.01. The van der Waals surface area contributed by atoms with Crippen LogP contribution in [0.3, 0.4) is 0 Å². The van der Waals surface area contributed by atoms with Gasteiger partial charge < -0.3 is 10.6 Å². The first-order valence-corrected chi connectivity index (χ1v) is 9.48. The van der Waals surface area contributed by atoms with E-state index in [0.717, 1.165) is 18.2 Å². The van der Waals surface area contributed by atoms with Gasteiger partial charge in [0.05, 0.1) is 23.0 Å². The summed E-state index contributed by atoms with van der Waals surface area (Å²) in [4.78, 5) is 8.10. The van der Waals surface area contributed by atoms with Crippen LogP contribution in [0.15, 0.2) is 41.7 Å². The molecule has 3 rings (SSSR count). The molecule has 0 aliphatic rings. The zero-order valence-electron chi connectivity index (χ0n) is 14.0. The van der Waals surface area contributed by atoms with Crippen LogP contribution in [0.2, 0.25) is 5.02 Å². The van der Waals surface area contributed by atoms with Crippen LogP contribution >= 0.6 is 11.6 Å². The van der Waals surface area contributed by atoms with Gasteiger partial charge in [-0.3, -0.25) is 4.68 Å². The van der Waals surface area contributed by atoms with Gasteiger partial charge in [-0.25, -0.2) is 22.9 Å². The number of hydrogen-bond donors (Lipinski definition) is 3. The van der Waals surface area contributed by atoms with Crippen LogP contribution in [0.5, 0.6) is 0 Å². The number of benzene rings is 1. The average molecular weight is 412 g/mol. The number of nitrogens with one attached hydrogen (secondary N) is 2. The molecule has 9 nitrogen and oxygen atoms in total. The lowest BCUT2D eigenvalue weighted by Crippen LogP contribution is -2.13. The van der Waals surface area contributed by atoms with Crippen LogP contribution in [0.1, 0.15) is 5.56 Å². The molecule has 1 aromatic carbocycles. The second-order valence-electron chi connectivity index (χ2n) is 5.57. The molecule has 0 atom stereocenters. The lowest BCUT2D eigenvalue weighted by Gasteiger charge is -2.11. The average Bonchev–Trinajstić information content (AvgIpc) is 3.00. The largest absolute Gasteiger partial charge is 0.364 e. The van der Waals surface area contributed by atoms with Crippen molar-refractivity contribution in [2.75, 3.05) is 10.6 Å². The topological polar surface area (TPSA) is 128 Å². The number of primary sulfonamides is 1. The number of anilines is 3. The molecule has 0 spiro atoms. The Morgan fingerprint density at radius 3 is 2.78 bits per heavy atom. The van der Waals surface area contributed by atoms with E-state index in [0.29, 0.717) is 5.69 Å². The third-order valence-electron chi connectivity index (χ3n) is 3.50. The second kappa shape index (κ2) is 7.47. The summed E-state index contributed by atoms with van der Waals surface area (Å²) in [5, 5.41) is 15.1. The molecule has 0 radical (unpaired) electrons. The number of aromatic nitrogens is 4. The molecular formula is C15H15ClFN7O2S. The zero-order valence-corrected chi connectivity index (χ0v) is 15.6. The van der Waals surface area contributed by atoms with E-state index in [1.807, 2.05) is 0 Å². The standard InChI is InChI=1S/C15H15ClFN7O2S/c1-24-8-10(6-21-24)22-15-20-7-12(16)14(23-15)19-5-9-4-11(27(18,25)26)2-3-13(9)17/h2-4,6-8H,5H2,1H3,(H2,18,25,26)(H2,19,20,22,23). The van der Waals surface area contributed by atoms with Gasteiger partial charge in [0.2, 0.25) is 16.0 Å². The Morgan fingerprint density at radius 1 is 1.33 bits per heavy atom. The first-order chi connectivity index (χ1) is 12.7. The van der Waals surface area contributed by atoms with Gasteiger partial charge >= 0.3 is 0 Å². The number of nitrogens with two attached hydrogens (primary N) is 1. The summed E-state index contributed by atoms with van der Waals surface area (Å²) in [7, 11) is -2.17. The minimum atomic E-state index is -3.94. The Labute approximate surface area is 159 Å². The molecule has 12 heteroatoms. The van der Waals surface area contributed by atoms with Crippen molar-refractivity contribution in [1.82, 2.24) is 19.7 Å². The monoisotopic (exact) mass is 411 g/mol. The van der Waals surface area contributed by atoms with Gasteiger partial charge in [0.1, 0.15) is 10.8 Å². The molecule has 4 N–H and O–H groups in total. The van der Waals surface area contributed by atoms with Gasteiger partial charge in [-0.15, -0.1) is 0 Å². The van der Waals surface area contributed by atoms with E-state index in [1.165, 1.54) is 6.20 Å². The predicted molar refractivity (Wildman–Crippen MR) is 98.6 cm³/mol. The molecule has 0 saturated heterocycles. The molecule has 0 bridgehead atoms. The summed E-state index contributed by atoms with van der Waals surface area (Å²) in [5.41, 5.74) is 0.774. The minimum Gasteiger partial charge on any atom is -0.364 e. The van der Waals surface area contributed by atoms with Crippen molar-refractivity contribution in [3.8, 4) is 0 Å². The SMILES string of the molecule is Cn1cc(Nc2ncc(Cl)c(NCc3cc(S(N)(=O)=O)ccc3F)n2)cn1. The van der Waals surface area contributed by atoms with Gasteiger partial charge in [-0.2, -0.15) is 10.1 Å². The van der Waals surface area contributed by atoms with Crippen molar-refractivity contribution in [3.63, 3.8) is 0 Å². The van der Waals surface area contributed by atoms with Crippen LogP contribution in [0.4, 0.5) is 21.8 Å². The van der Waals surface area contributed by atoms with E-state index in [2.05, 4.69) is 25.7 Å². The normalized spacial score (nSPS) is 11.4. The van der Waals surface area contributed by atoms with Crippen molar-refractivity contribution >= 4 is 39.1 Å². The minimum absolute atomic E-state index is 0.0573. The second-order valence-corrected chi connectivity index (χ2v) is 7.54. The fourth-order valence-corrected chi connectivity index (χ4v) is 2.93. The summed E-state index contributed by atoms with van der Waals surface area (Å²) in [6, 6.07) is 3.29. The van der Waals surface area contributed by atoms with E-state index < -0.39 is 15.8 Å². The number of nitrogens with zero attached hydrogens (tertiary/aromatic N) is 4. The quantitative estimate of drug-likeness (QED) is 0.566. The molecule has 3 aromatic rings. The highest BCUT2D eigenvalue weighted by molar-refractivity contribution is 7.89. The van der Waals surface area contributed by atoms with Gasteiger partial charge in [0, 0.05) is 25.4 Å². The number of aryl methyl sites for hydroxylation is 1. The Balaban J connectivity index is 1.79. The van der Waals surface area contributed by atoms with Gasteiger partial charge in [0.25, 0.3) is 0 Å². The summed E-state index contributed by atoms with van der Waals surface area (Å²) in [6.07, 6.45) is 4.71. The van der Waals surface area contributed by atoms with Crippen LogP contribution in [0.25, 0.3) is 0 Å². The van der Waals surface area contributed by atoms with Crippen molar-refractivity contribution in [2.24, 2.45) is 12.2 Å². The molecule has 27 heavy (non-hydrogen) atoms. The van der Waals surface area contributed by atoms with Crippen LogP contribution in [-0.2, 0) is 23.6 Å². The fourth-order valence-electron chi connectivity index (χ4n) is 2.21. The van der Waals surface area contributed by atoms with Gasteiger partial charge in [-0.05, 0) is 18.2 Å². The molecule has 0 fully saturated rings. The maximum absolute atomic E-state index is 14.0. The first kappa shape index (κ1) is 19.0. The van der Waals surface area contributed by atoms with E-state index in [4.69, 9.17) is 16.7 Å². The molecule has 142 valence electrons.